The molecule has 1 saturated carbocycles. The van der Waals surface area contributed by atoms with E-state index in [4.69, 9.17) is 0 Å². The van der Waals surface area contributed by atoms with Crippen LogP contribution in [0.5, 0.6) is 0 Å². The van der Waals surface area contributed by atoms with Crippen LogP contribution in [0.15, 0.2) is 23.1 Å². The van der Waals surface area contributed by atoms with Crippen molar-refractivity contribution in [3.63, 3.8) is 0 Å². The van der Waals surface area contributed by atoms with E-state index in [2.05, 4.69) is 27.1 Å². The fraction of sp³-hybridized carbons (Fsp3) is 0.536. The molecule has 0 amide bonds. The van der Waals surface area contributed by atoms with E-state index in [0.29, 0.717) is 6.07 Å². The van der Waals surface area contributed by atoms with Gasteiger partial charge in [-0.05, 0) is 72.7 Å². The van der Waals surface area contributed by atoms with E-state index in [1.807, 2.05) is 14.1 Å². The predicted octanol–water partition coefficient (Wildman–Crippen LogP) is 5.83. The first-order valence-corrected chi connectivity index (χ1v) is 15.6. The molecule has 1 aliphatic rings. The first kappa shape index (κ1) is 33.5. The lowest BCUT2D eigenvalue weighted by atomic mass is 9.80. The van der Waals surface area contributed by atoms with Crippen LogP contribution < -0.4 is 15.6 Å². The molecule has 44 heavy (non-hydrogen) atoms. The van der Waals surface area contributed by atoms with Gasteiger partial charge in [-0.2, -0.15) is 18.2 Å². The number of nitrogens with zero attached hydrogens (tertiary/aromatic N) is 4. The summed E-state index contributed by atoms with van der Waals surface area (Å²) in [6.45, 7) is 5.54. The molecular formula is C28H34F6N6O3S. The number of benzene rings is 1. The number of hydrogen-bond acceptors (Lipinski definition) is 7. The zero-order chi connectivity index (χ0) is 32.8. The van der Waals surface area contributed by atoms with Crippen molar-refractivity contribution in [2.24, 2.45) is 0 Å². The molecule has 2 aromatic heterocycles. The van der Waals surface area contributed by atoms with E-state index in [-0.39, 0.29) is 28.6 Å². The van der Waals surface area contributed by atoms with Gasteiger partial charge >= 0.3 is 6.18 Å². The zero-order valence-corrected chi connectivity index (χ0v) is 25.6. The maximum atomic E-state index is 15.3. The molecule has 0 atom stereocenters. The molecule has 3 aromatic rings. The minimum Gasteiger partial charge on any atom is -0.351 e. The summed E-state index contributed by atoms with van der Waals surface area (Å²) in [6.07, 6.45) is -1.58. The monoisotopic (exact) mass is 648 g/mol. The van der Waals surface area contributed by atoms with Gasteiger partial charge in [0.1, 0.15) is 11.3 Å². The van der Waals surface area contributed by atoms with Crippen molar-refractivity contribution in [1.29, 1.82) is 0 Å². The van der Waals surface area contributed by atoms with E-state index in [9.17, 15) is 35.2 Å². The molecule has 4 rings (SSSR count). The summed E-state index contributed by atoms with van der Waals surface area (Å²) in [4.78, 5) is 24.7. The number of aromatic nitrogens is 3. The molecule has 9 nitrogen and oxygen atoms in total. The minimum atomic E-state index is -4.89. The molecule has 2 heterocycles. The normalized spacial score (nSPS) is 19.6. The lowest BCUT2D eigenvalue weighted by molar-refractivity contribution is -0.129. The highest BCUT2D eigenvalue weighted by Gasteiger charge is 2.34. The molecular weight excluding hydrogens is 614 g/mol. The minimum absolute atomic E-state index is 0.0841. The molecule has 2 N–H and O–H groups in total. The summed E-state index contributed by atoms with van der Waals surface area (Å²) in [5, 5.41) is 3.58. The van der Waals surface area contributed by atoms with Gasteiger partial charge in [0.15, 0.2) is 17.5 Å². The average Bonchev–Trinajstić information content (AvgIpc) is 2.92. The fourth-order valence-corrected chi connectivity index (χ4v) is 6.32. The highest BCUT2D eigenvalue weighted by molar-refractivity contribution is 7.92. The Kier molecular flexibility index (Phi) is 9.27. The first-order chi connectivity index (χ1) is 20.3. The van der Waals surface area contributed by atoms with Crippen LogP contribution in [-0.4, -0.2) is 65.5 Å². The van der Waals surface area contributed by atoms with Crippen LogP contribution in [0.2, 0.25) is 0 Å². The first-order valence-electron chi connectivity index (χ1n) is 13.9. The second-order valence-corrected chi connectivity index (χ2v) is 13.6. The molecule has 0 unspecified atom stereocenters. The van der Waals surface area contributed by atoms with Gasteiger partial charge in [-0.15, -0.1) is 0 Å². The quantitative estimate of drug-likeness (QED) is 0.222. The number of pyridine rings is 1. The third kappa shape index (κ3) is 7.11. The second kappa shape index (κ2) is 12.2. The number of halogens is 6. The molecule has 0 aliphatic heterocycles. The van der Waals surface area contributed by atoms with Crippen LogP contribution in [0.1, 0.15) is 58.9 Å². The Hall–Kier alpha value is -3.40. The molecule has 0 radical (unpaired) electrons. The third-order valence-electron chi connectivity index (χ3n) is 8.13. The van der Waals surface area contributed by atoms with Crippen LogP contribution >= 0.6 is 0 Å². The number of fused-ring (bicyclic) bond motifs is 1. The van der Waals surface area contributed by atoms with Gasteiger partial charge in [0.05, 0.1) is 17.7 Å². The van der Waals surface area contributed by atoms with Crippen molar-refractivity contribution < 1.29 is 34.8 Å². The Labute approximate surface area is 250 Å². The fourth-order valence-electron chi connectivity index (χ4n) is 5.22. The largest absolute Gasteiger partial charge is 0.390 e. The van der Waals surface area contributed by atoms with Crippen LogP contribution in [0, 0.1) is 17.5 Å². The van der Waals surface area contributed by atoms with Gasteiger partial charge in [-0.25, -0.2) is 26.6 Å². The number of anilines is 2. The van der Waals surface area contributed by atoms with Crippen molar-refractivity contribution in [2.45, 2.75) is 76.7 Å². The lowest BCUT2D eigenvalue weighted by Gasteiger charge is -2.42. The second-order valence-electron chi connectivity index (χ2n) is 11.8. The smallest absolute Gasteiger partial charge is 0.351 e. The van der Waals surface area contributed by atoms with Gasteiger partial charge < -0.3 is 10.2 Å². The van der Waals surface area contributed by atoms with Crippen molar-refractivity contribution in [1.82, 2.24) is 19.4 Å². The Balaban J connectivity index is 1.69. The molecule has 16 heteroatoms. The number of nitrogens with one attached hydrogen (secondary N) is 2. The lowest BCUT2D eigenvalue weighted by Crippen LogP contribution is -2.46. The summed E-state index contributed by atoms with van der Waals surface area (Å²) in [7, 11) is -0.797. The van der Waals surface area contributed by atoms with Crippen molar-refractivity contribution >= 4 is 32.7 Å². The van der Waals surface area contributed by atoms with Crippen LogP contribution in [0.4, 0.5) is 38.0 Å². The van der Waals surface area contributed by atoms with Crippen molar-refractivity contribution in [2.75, 3.05) is 29.9 Å². The maximum absolute atomic E-state index is 15.3. The van der Waals surface area contributed by atoms with Crippen LogP contribution in [0.3, 0.4) is 0 Å². The molecule has 1 aliphatic carbocycles. The summed E-state index contributed by atoms with van der Waals surface area (Å²) >= 11 is 0. The van der Waals surface area contributed by atoms with E-state index < -0.39 is 74.2 Å². The summed E-state index contributed by atoms with van der Waals surface area (Å²) < 4.78 is 109. The summed E-state index contributed by atoms with van der Waals surface area (Å²) in [5.41, 5.74) is -3.30. The maximum Gasteiger partial charge on any atom is 0.390 e. The molecule has 1 fully saturated rings. The van der Waals surface area contributed by atoms with Gasteiger partial charge in [0.25, 0.3) is 5.56 Å². The zero-order valence-electron chi connectivity index (χ0n) is 24.8. The van der Waals surface area contributed by atoms with E-state index >= 15 is 4.39 Å². The van der Waals surface area contributed by atoms with Gasteiger partial charge in [0.2, 0.25) is 16.0 Å². The Morgan fingerprint density at radius 3 is 2.30 bits per heavy atom. The van der Waals surface area contributed by atoms with E-state index in [0.717, 1.165) is 25.7 Å². The molecule has 1 aromatic carbocycles. The Morgan fingerprint density at radius 1 is 1.09 bits per heavy atom. The SMILES string of the molecule is CC(C)n1c(=O)c(-c2cc(F)c(NS(=O)(=O)CCC(F)(F)F)c(F)c2F)cc2cnc(N[C@H]3CC[C@](C)(N(C)C)CC3)nc21. The van der Waals surface area contributed by atoms with E-state index in [1.54, 1.807) is 13.8 Å². The average molecular weight is 649 g/mol. The number of hydrogen-bond donors (Lipinski definition) is 2. The van der Waals surface area contributed by atoms with Crippen LogP contribution in [0.25, 0.3) is 22.2 Å². The van der Waals surface area contributed by atoms with Gasteiger partial charge in [-0.3, -0.25) is 14.1 Å². The molecule has 0 bridgehead atoms. The van der Waals surface area contributed by atoms with Gasteiger partial charge in [0, 0.05) is 34.8 Å². The summed E-state index contributed by atoms with van der Waals surface area (Å²) in [5.74, 6) is -6.66. The Bertz CT molecular complexity index is 1720. The Morgan fingerprint density at radius 2 is 1.73 bits per heavy atom. The number of rotatable bonds is 9. The van der Waals surface area contributed by atoms with Gasteiger partial charge in [-0.1, -0.05) is 0 Å². The topological polar surface area (TPSA) is 109 Å². The molecule has 0 spiro atoms. The van der Waals surface area contributed by atoms with Crippen molar-refractivity contribution in [3.05, 3.63) is 46.1 Å². The third-order valence-corrected chi connectivity index (χ3v) is 9.38. The number of sulfonamides is 1. The highest BCUT2D eigenvalue weighted by atomic mass is 32.2. The molecule has 242 valence electrons. The highest BCUT2D eigenvalue weighted by Crippen LogP contribution is 2.34. The van der Waals surface area contributed by atoms with Crippen LogP contribution in [-0.2, 0) is 10.0 Å². The molecule has 0 saturated heterocycles. The summed E-state index contributed by atoms with van der Waals surface area (Å²) in [6, 6.07) is 1.16. The predicted molar refractivity (Wildman–Crippen MR) is 156 cm³/mol. The van der Waals surface area contributed by atoms with Crippen molar-refractivity contribution in [3.8, 4) is 11.1 Å². The standard InChI is InChI=1S/C28H34F6N6O3S/c1-15(2)40-24-16(14-35-26(37-24)36-17-6-8-27(3,9-7-17)39(4)5)12-19(25(40)41)18-13-20(29)23(22(31)21(18)30)38-44(42,43)11-10-28(32,33)34/h12-15,17,38H,6-11H2,1-5H3,(H,35,36,37)/t17-,27-. The van der Waals surface area contributed by atoms with E-state index in [1.165, 1.54) is 21.6 Å². The number of alkyl halides is 3.